The molecule has 1 aliphatic heterocycles. The van der Waals surface area contributed by atoms with Gasteiger partial charge in [0.15, 0.2) is 5.13 Å². The minimum Gasteiger partial charge on any atom is -0.507 e. The van der Waals surface area contributed by atoms with Gasteiger partial charge in [0, 0.05) is 18.5 Å². The van der Waals surface area contributed by atoms with Crippen molar-refractivity contribution in [1.82, 2.24) is 9.97 Å². The second-order valence-electron chi connectivity index (χ2n) is 7.60. The van der Waals surface area contributed by atoms with Crippen LogP contribution in [0.2, 0.25) is 5.02 Å². The number of Topliss-reactive ketones (excluding diaryl/α,β-unsaturated/α-hetero) is 1. The maximum atomic E-state index is 13.4. The molecule has 176 valence electrons. The number of carbonyl (C=O) groups is 2. The number of pyridine rings is 1. The summed E-state index contributed by atoms with van der Waals surface area (Å²) >= 11 is 7.59. The van der Waals surface area contributed by atoms with Crippen LogP contribution in [0, 0.1) is 0 Å². The Labute approximate surface area is 209 Å². The summed E-state index contributed by atoms with van der Waals surface area (Å²) in [7, 11) is 2.87. The fourth-order valence-electron chi connectivity index (χ4n) is 4.04. The lowest BCUT2D eigenvalue weighted by Gasteiger charge is -2.23. The second-order valence-corrected chi connectivity index (χ2v) is 9.02. The van der Waals surface area contributed by atoms with E-state index in [9.17, 15) is 14.7 Å². The van der Waals surface area contributed by atoms with Crippen LogP contribution in [-0.2, 0) is 9.59 Å². The first-order valence-electron chi connectivity index (χ1n) is 10.4. The summed E-state index contributed by atoms with van der Waals surface area (Å²) in [6.07, 6.45) is 3.11. The van der Waals surface area contributed by atoms with Gasteiger partial charge in [-0.25, -0.2) is 4.98 Å². The zero-order valence-corrected chi connectivity index (χ0v) is 20.1. The summed E-state index contributed by atoms with van der Waals surface area (Å²) in [5, 5.41) is 12.0. The normalized spacial score (nSPS) is 17.2. The van der Waals surface area contributed by atoms with E-state index in [-0.39, 0.29) is 21.9 Å². The molecule has 0 aliphatic carbocycles. The van der Waals surface area contributed by atoms with E-state index >= 15 is 0 Å². The largest absolute Gasteiger partial charge is 0.507 e. The number of carbonyl (C=O) groups excluding carboxylic acids is 2. The minimum absolute atomic E-state index is 0.111. The Hall–Kier alpha value is -3.95. The number of ketones is 1. The molecule has 1 N–H and O–H groups in total. The number of halogens is 1. The summed E-state index contributed by atoms with van der Waals surface area (Å²) < 4.78 is 11.5. The molecule has 1 amide bonds. The fraction of sp³-hybridized carbons (Fsp3) is 0.120. The van der Waals surface area contributed by atoms with Crippen molar-refractivity contribution in [1.29, 1.82) is 0 Å². The number of aliphatic hydroxyl groups excluding tert-OH is 1. The van der Waals surface area contributed by atoms with Crippen molar-refractivity contribution in [3.8, 4) is 11.5 Å². The van der Waals surface area contributed by atoms with E-state index in [1.54, 1.807) is 24.5 Å². The average Bonchev–Trinajstić information content (AvgIpc) is 3.42. The van der Waals surface area contributed by atoms with Crippen LogP contribution in [0.4, 0.5) is 5.13 Å². The average molecular weight is 508 g/mol. The number of methoxy groups -OCH3 is 2. The van der Waals surface area contributed by atoms with Gasteiger partial charge in [-0.1, -0.05) is 35.1 Å². The van der Waals surface area contributed by atoms with Crippen molar-refractivity contribution in [2.75, 3.05) is 19.1 Å². The summed E-state index contributed by atoms with van der Waals surface area (Å²) in [6, 6.07) is 12.8. The summed E-state index contributed by atoms with van der Waals surface area (Å²) in [5.41, 5.74) is 1.32. The van der Waals surface area contributed by atoms with Crippen LogP contribution in [0.25, 0.3) is 16.0 Å². The number of fused-ring (bicyclic) bond motifs is 1. The van der Waals surface area contributed by atoms with Gasteiger partial charge in [-0.05, 0) is 35.9 Å². The van der Waals surface area contributed by atoms with Gasteiger partial charge in [-0.3, -0.25) is 19.5 Å². The highest BCUT2D eigenvalue weighted by atomic mass is 35.5. The number of anilines is 1. The lowest BCUT2D eigenvalue weighted by Crippen LogP contribution is -2.29. The van der Waals surface area contributed by atoms with Gasteiger partial charge in [0.05, 0.1) is 46.6 Å². The second kappa shape index (κ2) is 9.01. The summed E-state index contributed by atoms with van der Waals surface area (Å²) in [6.45, 7) is 0. The number of nitrogens with zero attached hydrogens (tertiary/aromatic N) is 3. The van der Waals surface area contributed by atoms with Crippen LogP contribution in [0.3, 0.4) is 0 Å². The zero-order chi connectivity index (χ0) is 24.7. The maximum Gasteiger partial charge on any atom is 0.301 e. The summed E-state index contributed by atoms with van der Waals surface area (Å²) in [5.74, 6) is -1.51. The van der Waals surface area contributed by atoms with Gasteiger partial charge in [-0.2, -0.15) is 0 Å². The molecule has 2 aromatic heterocycles. The third kappa shape index (κ3) is 3.78. The Balaban J connectivity index is 1.75. The number of ether oxygens (including phenoxy) is 2. The van der Waals surface area contributed by atoms with Gasteiger partial charge >= 0.3 is 5.91 Å². The van der Waals surface area contributed by atoms with E-state index < -0.39 is 23.5 Å². The molecule has 1 aliphatic rings. The molecular formula is C25H18ClN3O5S. The lowest BCUT2D eigenvalue weighted by atomic mass is 9.95. The Morgan fingerprint density at radius 3 is 2.46 bits per heavy atom. The highest BCUT2D eigenvalue weighted by Gasteiger charge is 2.48. The molecule has 3 heterocycles. The first-order valence-corrected chi connectivity index (χ1v) is 11.6. The lowest BCUT2D eigenvalue weighted by molar-refractivity contribution is -0.132. The Morgan fingerprint density at radius 1 is 1.06 bits per heavy atom. The van der Waals surface area contributed by atoms with Crippen LogP contribution in [0.1, 0.15) is 17.2 Å². The molecule has 0 spiro atoms. The van der Waals surface area contributed by atoms with Gasteiger partial charge < -0.3 is 14.6 Å². The van der Waals surface area contributed by atoms with Gasteiger partial charge in [0.1, 0.15) is 17.3 Å². The number of rotatable bonds is 5. The van der Waals surface area contributed by atoms with E-state index in [0.717, 1.165) is 4.70 Å². The number of amides is 1. The van der Waals surface area contributed by atoms with Crippen molar-refractivity contribution < 1.29 is 24.2 Å². The van der Waals surface area contributed by atoms with Crippen LogP contribution in [0.15, 0.2) is 66.5 Å². The van der Waals surface area contributed by atoms with E-state index in [4.69, 9.17) is 21.1 Å². The number of hydrogen-bond donors (Lipinski definition) is 1. The molecule has 2 aromatic carbocycles. The topological polar surface area (TPSA) is 102 Å². The van der Waals surface area contributed by atoms with Crippen molar-refractivity contribution >= 4 is 55.7 Å². The van der Waals surface area contributed by atoms with Crippen molar-refractivity contribution in [2.24, 2.45) is 0 Å². The summed E-state index contributed by atoms with van der Waals surface area (Å²) in [4.78, 5) is 36.6. The zero-order valence-electron chi connectivity index (χ0n) is 18.6. The van der Waals surface area contributed by atoms with Crippen molar-refractivity contribution in [2.45, 2.75) is 6.04 Å². The van der Waals surface area contributed by atoms with Crippen LogP contribution in [-0.4, -0.2) is 41.0 Å². The van der Waals surface area contributed by atoms with E-state index in [1.807, 2.05) is 24.3 Å². The minimum atomic E-state index is -0.941. The number of para-hydroxylation sites is 1. The highest BCUT2D eigenvalue weighted by Crippen LogP contribution is 2.46. The fourth-order valence-corrected chi connectivity index (χ4v) is 5.28. The van der Waals surface area contributed by atoms with Gasteiger partial charge in [0.25, 0.3) is 5.78 Å². The van der Waals surface area contributed by atoms with E-state index in [2.05, 4.69) is 9.97 Å². The molecular weight excluding hydrogens is 490 g/mol. The van der Waals surface area contributed by atoms with Crippen LogP contribution >= 0.6 is 22.9 Å². The standard InChI is InChI=1S/C25H18ClN3O5S/c1-33-17-12-18(34-2)15(26)11-14(17)22(30)20-21(13-7-9-27-10-8-13)29(24(32)23(20)31)25-28-16-5-3-4-6-19(16)35-25/h3-12,21,30H,1-2H3/b22-20+. The molecule has 0 radical (unpaired) electrons. The van der Waals surface area contributed by atoms with Crippen LogP contribution in [0.5, 0.6) is 11.5 Å². The Kier molecular flexibility index (Phi) is 5.88. The van der Waals surface area contributed by atoms with E-state index in [0.29, 0.717) is 22.0 Å². The number of benzene rings is 2. The molecule has 4 aromatic rings. The molecule has 1 atom stereocenters. The molecule has 10 heteroatoms. The number of aromatic nitrogens is 2. The molecule has 1 unspecified atom stereocenters. The molecule has 8 nitrogen and oxygen atoms in total. The third-order valence-electron chi connectivity index (χ3n) is 5.68. The molecule has 5 rings (SSSR count). The van der Waals surface area contributed by atoms with Gasteiger partial charge in [0.2, 0.25) is 0 Å². The number of thiazole rings is 1. The Morgan fingerprint density at radius 2 is 1.77 bits per heavy atom. The molecule has 1 fully saturated rings. The van der Waals surface area contributed by atoms with Crippen molar-refractivity contribution in [3.05, 3.63) is 82.6 Å². The molecule has 0 bridgehead atoms. The van der Waals surface area contributed by atoms with Crippen molar-refractivity contribution in [3.63, 3.8) is 0 Å². The first kappa shape index (κ1) is 22.8. The monoisotopic (exact) mass is 507 g/mol. The molecule has 35 heavy (non-hydrogen) atoms. The smallest absolute Gasteiger partial charge is 0.301 e. The number of aliphatic hydroxyl groups is 1. The third-order valence-corrected chi connectivity index (χ3v) is 7.02. The Bertz CT molecular complexity index is 1470. The van der Waals surface area contributed by atoms with Crippen LogP contribution < -0.4 is 14.4 Å². The first-order chi connectivity index (χ1) is 16.9. The predicted molar refractivity (Wildman–Crippen MR) is 133 cm³/mol. The predicted octanol–water partition coefficient (Wildman–Crippen LogP) is 4.99. The molecule has 1 saturated heterocycles. The van der Waals surface area contributed by atoms with E-state index in [1.165, 1.54) is 42.6 Å². The highest BCUT2D eigenvalue weighted by molar-refractivity contribution is 7.22. The van der Waals surface area contributed by atoms with Gasteiger partial charge in [-0.15, -0.1) is 0 Å². The molecule has 0 saturated carbocycles. The quantitative estimate of drug-likeness (QED) is 0.231. The number of hydrogen-bond acceptors (Lipinski definition) is 8. The SMILES string of the molecule is COc1cc(OC)c(/C(O)=C2\C(=O)C(=O)N(c3nc4ccccc4s3)C2c2ccncc2)cc1Cl. The maximum absolute atomic E-state index is 13.4.